The highest BCUT2D eigenvalue weighted by Crippen LogP contribution is 2.27. The highest BCUT2D eigenvalue weighted by molar-refractivity contribution is 5.82. The van der Waals surface area contributed by atoms with E-state index in [9.17, 15) is 22.8 Å². The highest BCUT2D eigenvalue weighted by atomic mass is 19.4. The van der Waals surface area contributed by atoms with E-state index in [-0.39, 0.29) is 0 Å². The lowest BCUT2D eigenvalue weighted by molar-refractivity contribution is -0.138. The van der Waals surface area contributed by atoms with Crippen molar-refractivity contribution < 1.29 is 18.0 Å². The lowest BCUT2D eigenvalue weighted by atomic mass is 10.2. The van der Waals surface area contributed by atoms with E-state index < -0.39 is 29.8 Å². The number of rotatable bonds is 7. The van der Waals surface area contributed by atoms with Crippen molar-refractivity contribution in [3.8, 4) is 0 Å². The molecule has 0 aliphatic heterocycles. The predicted octanol–water partition coefficient (Wildman–Crippen LogP) is 2.86. The molecule has 0 unspecified atom stereocenters. The van der Waals surface area contributed by atoms with E-state index in [1.54, 1.807) is 0 Å². The van der Waals surface area contributed by atoms with Crippen LogP contribution in [0.4, 0.5) is 18.9 Å². The summed E-state index contributed by atoms with van der Waals surface area (Å²) >= 11 is 0. The van der Waals surface area contributed by atoms with E-state index in [1.807, 2.05) is 24.3 Å². The van der Waals surface area contributed by atoms with E-state index >= 15 is 0 Å². The van der Waals surface area contributed by atoms with Gasteiger partial charge in [-0.2, -0.15) is 18.3 Å². The molecule has 0 atom stereocenters. The van der Waals surface area contributed by atoms with E-state index in [4.69, 9.17) is 0 Å². The van der Waals surface area contributed by atoms with Crippen molar-refractivity contribution in [3.05, 3.63) is 64.1 Å². The molecule has 9 heteroatoms. The van der Waals surface area contributed by atoms with Gasteiger partial charge < -0.3 is 9.47 Å². The Bertz CT molecular complexity index is 885. The topological polar surface area (TPSA) is 66.7 Å². The number of aromatic nitrogens is 1. The summed E-state index contributed by atoms with van der Waals surface area (Å²) in [6, 6.07) is 8.98. The van der Waals surface area contributed by atoms with Crippen LogP contribution in [0.1, 0.15) is 25.0 Å². The van der Waals surface area contributed by atoms with Crippen molar-refractivity contribution >= 4 is 17.8 Å². The Morgan fingerprint density at radius 1 is 1.14 bits per heavy atom. The molecule has 0 spiro atoms. The third-order valence-electron chi connectivity index (χ3n) is 4.05. The number of hydrogen-bond donors (Lipinski definition) is 1. The lowest BCUT2D eigenvalue weighted by Crippen LogP contribution is -2.30. The molecule has 2 aromatic rings. The molecule has 0 bridgehead atoms. The van der Waals surface area contributed by atoms with Gasteiger partial charge in [0.1, 0.15) is 6.54 Å². The number of halogens is 3. The van der Waals surface area contributed by atoms with Gasteiger partial charge in [-0.3, -0.25) is 9.59 Å². The number of nitrogens with one attached hydrogen (secondary N) is 1. The summed E-state index contributed by atoms with van der Waals surface area (Å²) in [5, 5.41) is 3.78. The molecule has 6 nitrogen and oxygen atoms in total. The summed E-state index contributed by atoms with van der Waals surface area (Å²) in [4.78, 5) is 25.7. The molecule has 0 aliphatic carbocycles. The van der Waals surface area contributed by atoms with Gasteiger partial charge in [-0.05, 0) is 37.6 Å². The third-order valence-corrected chi connectivity index (χ3v) is 4.05. The fourth-order valence-electron chi connectivity index (χ4n) is 2.55. The fraction of sp³-hybridized carbons (Fsp3) is 0.316. The monoisotopic (exact) mass is 394 g/mol. The van der Waals surface area contributed by atoms with Crippen LogP contribution in [0.5, 0.6) is 0 Å². The second-order valence-corrected chi connectivity index (χ2v) is 5.94. The van der Waals surface area contributed by atoms with Crippen molar-refractivity contribution in [2.45, 2.75) is 26.6 Å². The molecule has 1 amide bonds. The average molecular weight is 394 g/mol. The molecule has 0 aliphatic rings. The molecule has 28 heavy (non-hydrogen) atoms. The van der Waals surface area contributed by atoms with Crippen molar-refractivity contribution in [1.29, 1.82) is 0 Å². The van der Waals surface area contributed by atoms with Crippen LogP contribution in [0.15, 0.2) is 52.5 Å². The van der Waals surface area contributed by atoms with Crippen LogP contribution in [-0.4, -0.2) is 29.8 Å². The van der Waals surface area contributed by atoms with Gasteiger partial charge in [0.25, 0.3) is 11.5 Å². The molecular formula is C19H21F3N4O2. The molecule has 150 valence electrons. The van der Waals surface area contributed by atoms with Gasteiger partial charge in [0.05, 0.1) is 11.8 Å². The van der Waals surface area contributed by atoms with Gasteiger partial charge in [-0.1, -0.05) is 12.1 Å². The quantitative estimate of drug-likeness (QED) is 0.580. The molecule has 1 aromatic heterocycles. The van der Waals surface area contributed by atoms with Gasteiger partial charge in [0.2, 0.25) is 0 Å². The minimum absolute atomic E-state index is 0.568. The first-order valence-corrected chi connectivity index (χ1v) is 8.69. The van der Waals surface area contributed by atoms with Crippen LogP contribution in [0, 0.1) is 0 Å². The number of anilines is 1. The minimum atomic E-state index is -4.60. The number of nitrogens with zero attached hydrogens (tertiary/aromatic N) is 3. The largest absolute Gasteiger partial charge is 0.417 e. The average Bonchev–Trinajstić information content (AvgIpc) is 2.65. The zero-order valence-corrected chi connectivity index (χ0v) is 15.5. The first kappa shape index (κ1) is 21.2. The zero-order chi connectivity index (χ0) is 20.7. The van der Waals surface area contributed by atoms with Crippen molar-refractivity contribution in [2.24, 2.45) is 5.10 Å². The van der Waals surface area contributed by atoms with Gasteiger partial charge >= 0.3 is 6.18 Å². The van der Waals surface area contributed by atoms with Crippen LogP contribution >= 0.6 is 0 Å². The van der Waals surface area contributed by atoms with E-state index in [2.05, 4.69) is 29.3 Å². The van der Waals surface area contributed by atoms with Gasteiger partial charge in [0, 0.05) is 31.0 Å². The van der Waals surface area contributed by atoms with Crippen LogP contribution in [0.3, 0.4) is 0 Å². The Morgan fingerprint density at radius 2 is 1.79 bits per heavy atom. The van der Waals surface area contributed by atoms with Crippen molar-refractivity contribution in [2.75, 3.05) is 18.0 Å². The summed E-state index contributed by atoms with van der Waals surface area (Å²) < 4.78 is 38.8. The maximum absolute atomic E-state index is 12.7. The number of pyridine rings is 1. The molecule has 1 N–H and O–H groups in total. The normalized spacial score (nSPS) is 11.6. The molecule has 1 aromatic carbocycles. The smallest absolute Gasteiger partial charge is 0.372 e. The van der Waals surface area contributed by atoms with E-state index in [1.165, 1.54) is 6.21 Å². The summed E-state index contributed by atoms with van der Waals surface area (Å²) in [6.07, 6.45) is -2.57. The number of carbonyl (C=O) groups excluding carboxylic acids is 1. The van der Waals surface area contributed by atoms with Crippen molar-refractivity contribution in [1.82, 2.24) is 9.99 Å². The van der Waals surface area contributed by atoms with Gasteiger partial charge in [-0.25, -0.2) is 5.43 Å². The first-order valence-electron chi connectivity index (χ1n) is 8.69. The second-order valence-electron chi connectivity index (χ2n) is 5.94. The van der Waals surface area contributed by atoms with Crippen LogP contribution in [0.25, 0.3) is 0 Å². The maximum atomic E-state index is 12.7. The number of benzene rings is 1. The zero-order valence-electron chi connectivity index (χ0n) is 15.5. The van der Waals surface area contributed by atoms with Crippen molar-refractivity contribution in [3.63, 3.8) is 0 Å². The van der Waals surface area contributed by atoms with Gasteiger partial charge in [0.15, 0.2) is 0 Å². The number of hydrogen-bond acceptors (Lipinski definition) is 4. The summed E-state index contributed by atoms with van der Waals surface area (Å²) in [7, 11) is 0. The van der Waals surface area contributed by atoms with Gasteiger partial charge in [-0.15, -0.1) is 0 Å². The summed E-state index contributed by atoms with van der Waals surface area (Å²) in [5.41, 5.74) is 2.30. The Balaban J connectivity index is 1.98. The Labute approximate surface area is 160 Å². The molecule has 0 saturated heterocycles. The molecule has 2 rings (SSSR count). The van der Waals surface area contributed by atoms with Crippen LogP contribution < -0.4 is 15.9 Å². The van der Waals surface area contributed by atoms with E-state index in [0.717, 1.165) is 30.4 Å². The molecule has 1 heterocycles. The van der Waals surface area contributed by atoms with Crippen LogP contribution in [0.2, 0.25) is 0 Å². The molecule has 0 radical (unpaired) electrons. The Hall–Kier alpha value is -3.10. The summed E-state index contributed by atoms with van der Waals surface area (Å²) in [5.74, 6) is -0.711. The van der Waals surface area contributed by atoms with E-state index in [0.29, 0.717) is 16.8 Å². The highest BCUT2D eigenvalue weighted by Gasteiger charge is 2.31. The molecule has 0 fully saturated rings. The molecule has 0 saturated carbocycles. The number of carbonyl (C=O) groups is 1. The lowest BCUT2D eigenvalue weighted by Gasteiger charge is -2.20. The molecular weight excluding hydrogens is 373 g/mol. The van der Waals surface area contributed by atoms with Crippen LogP contribution in [-0.2, 0) is 17.5 Å². The Morgan fingerprint density at radius 3 is 2.36 bits per heavy atom. The number of amides is 1. The fourth-order valence-corrected chi connectivity index (χ4v) is 2.55. The second kappa shape index (κ2) is 9.20. The standard InChI is InChI=1S/C19H21F3N4O2/c1-3-25(4-2)16-8-5-14(6-9-16)11-23-24-17(27)13-26-12-15(19(20,21)22)7-10-18(26)28/h5-12H,3-4,13H2,1-2H3,(H,24,27)/b23-11+. The predicted molar refractivity (Wildman–Crippen MR) is 101 cm³/mol. The maximum Gasteiger partial charge on any atom is 0.417 e. The Kier molecular flexibility index (Phi) is 6.97. The summed E-state index contributed by atoms with van der Waals surface area (Å²) in [6.45, 7) is 5.32. The first-order chi connectivity index (χ1) is 13.2. The number of hydrazone groups is 1. The minimum Gasteiger partial charge on any atom is -0.372 e. The SMILES string of the molecule is CCN(CC)c1ccc(/C=N/NC(=O)Cn2cc(C(F)(F)F)ccc2=O)cc1. The third kappa shape index (κ3) is 5.70. The number of alkyl halides is 3.